The second-order valence-corrected chi connectivity index (χ2v) is 5.12. The highest BCUT2D eigenvalue weighted by Crippen LogP contribution is 2.27. The summed E-state index contributed by atoms with van der Waals surface area (Å²) in [5.74, 6) is 0.330. The van der Waals surface area contributed by atoms with Crippen molar-refractivity contribution >= 4 is 28.2 Å². The number of nitrogens with two attached hydrogens (primary N) is 1. The molecule has 1 aliphatic heterocycles. The van der Waals surface area contributed by atoms with Gasteiger partial charge in [0.15, 0.2) is 5.13 Å². The average Bonchev–Trinajstić information content (AvgIpc) is 2.72. The quantitative estimate of drug-likeness (QED) is 0.768. The van der Waals surface area contributed by atoms with Crippen LogP contribution in [0.4, 0.5) is 10.9 Å². The maximum atomic E-state index is 12.2. The standard InChI is InChI=1S/C10H17N5OS/c1-14(2)10-13-8(11)7(17-10)9(16)15-5-3-12-4-6-15/h12H,3-6,11H2,1-2H3. The first kappa shape index (κ1) is 12.1. The average molecular weight is 255 g/mol. The van der Waals surface area contributed by atoms with Crippen LogP contribution in [0.25, 0.3) is 0 Å². The summed E-state index contributed by atoms with van der Waals surface area (Å²) in [4.78, 5) is 20.6. The molecule has 0 spiro atoms. The summed E-state index contributed by atoms with van der Waals surface area (Å²) >= 11 is 1.35. The van der Waals surface area contributed by atoms with Gasteiger partial charge in [-0.05, 0) is 0 Å². The van der Waals surface area contributed by atoms with E-state index in [2.05, 4.69) is 10.3 Å². The zero-order chi connectivity index (χ0) is 12.4. The monoisotopic (exact) mass is 255 g/mol. The minimum Gasteiger partial charge on any atom is -0.382 e. The molecule has 0 unspecified atom stereocenters. The lowest BCUT2D eigenvalue weighted by atomic mass is 10.3. The largest absolute Gasteiger partial charge is 0.382 e. The molecular weight excluding hydrogens is 238 g/mol. The lowest BCUT2D eigenvalue weighted by Crippen LogP contribution is -2.46. The molecule has 1 aliphatic rings. The van der Waals surface area contributed by atoms with Crippen molar-refractivity contribution in [3.05, 3.63) is 4.88 Å². The number of thiazole rings is 1. The Morgan fingerprint density at radius 1 is 1.47 bits per heavy atom. The summed E-state index contributed by atoms with van der Waals surface area (Å²) in [6, 6.07) is 0. The Morgan fingerprint density at radius 2 is 2.12 bits per heavy atom. The molecule has 0 radical (unpaired) electrons. The second kappa shape index (κ2) is 4.89. The third-order valence-electron chi connectivity index (χ3n) is 2.62. The van der Waals surface area contributed by atoms with Crippen molar-refractivity contribution in [3.8, 4) is 0 Å². The van der Waals surface area contributed by atoms with Gasteiger partial charge < -0.3 is 20.9 Å². The Morgan fingerprint density at radius 3 is 2.65 bits per heavy atom. The van der Waals surface area contributed by atoms with Crippen LogP contribution >= 0.6 is 11.3 Å². The Labute approximate surface area is 104 Å². The van der Waals surface area contributed by atoms with Gasteiger partial charge in [0.2, 0.25) is 0 Å². The Hall–Kier alpha value is -1.34. The first-order valence-corrected chi connectivity index (χ1v) is 6.35. The van der Waals surface area contributed by atoms with Crippen LogP contribution in [0.3, 0.4) is 0 Å². The number of nitrogens with zero attached hydrogens (tertiary/aromatic N) is 3. The molecule has 6 nitrogen and oxygen atoms in total. The second-order valence-electron chi connectivity index (χ2n) is 4.15. The predicted molar refractivity (Wildman–Crippen MR) is 69.6 cm³/mol. The summed E-state index contributed by atoms with van der Waals surface area (Å²) < 4.78 is 0. The number of hydrogen-bond acceptors (Lipinski definition) is 6. The fraction of sp³-hybridized carbons (Fsp3) is 0.600. The van der Waals surface area contributed by atoms with E-state index in [1.54, 1.807) is 0 Å². The molecule has 0 aromatic carbocycles. The number of nitrogens with one attached hydrogen (secondary N) is 1. The molecule has 94 valence electrons. The Kier molecular flexibility index (Phi) is 3.49. The lowest BCUT2D eigenvalue weighted by Gasteiger charge is -2.26. The number of carbonyl (C=O) groups is 1. The van der Waals surface area contributed by atoms with E-state index < -0.39 is 0 Å². The molecule has 7 heteroatoms. The predicted octanol–water partition coefficient (Wildman–Crippen LogP) is -0.163. The van der Waals surface area contributed by atoms with Crippen molar-refractivity contribution in [3.63, 3.8) is 0 Å². The minimum atomic E-state index is -0.00500. The Bertz CT molecular complexity index is 411. The molecule has 0 saturated carbocycles. The van der Waals surface area contributed by atoms with Gasteiger partial charge >= 0.3 is 0 Å². The number of hydrogen-bond donors (Lipinski definition) is 2. The van der Waals surface area contributed by atoms with Crippen LogP contribution < -0.4 is 16.0 Å². The molecule has 17 heavy (non-hydrogen) atoms. The zero-order valence-electron chi connectivity index (χ0n) is 10.1. The Balaban J connectivity index is 2.18. The fourth-order valence-electron chi connectivity index (χ4n) is 1.68. The van der Waals surface area contributed by atoms with Gasteiger partial charge in [0.1, 0.15) is 10.7 Å². The highest BCUT2D eigenvalue weighted by molar-refractivity contribution is 7.18. The maximum Gasteiger partial charge on any atom is 0.267 e. The molecular formula is C10H17N5OS. The van der Waals surface area contributed by atoms with Crippen LogP contribution in [0.15, 0.2) is 0 Å². The fourth-order valence-corrected chi connectivity index (χ4v) is 2.55. The summed E-state index contributed by atoms with van der Waals surface area (Å²) in [5.41, 5.74) is 5.80. The van der Waals surface area contributed by atoms with Gasteiger partial charge in [-0.25, -0.2) is 4.98 Å². The van der Waals surface area contributed by atoms with E-state index in [0.29, 0.717) is 10.7 Å². The maximum absolute atomic E-state index is 12.2. The van der Waals surface area contributed by atoms with Crippen LogP contribution in [0.1, 0.15) is 9.67 Å². The van der Waals surface area contributed by atoms with E-state index in [4.69, 9.17) is 5.73 Å². The molecule has 1 aromatic rings. The van der Waals surface area contributed by atoms with Gasteiger partial charge in [-0.3, -0.25) is 4.79 Å². The molecule has 1 aromatic heterocycles. The van der Waals surface area contributed by atoms with Crippen molar-refractivity contribution in [1.29, 1.82) is 0 Å². The van der Waals surface area contributed by atoms with E-state index in [-0.39, 0.29) is 5.91 Å². The normalized spacial score (nSPS) is 16.0. The zero-order valence-corrected chi connectivity index (χ0v) is 10.9. The first-order valence-electron chi connectivity index (χ1n) is 5.53. The van der Waals surface area contributed by atoms with Gasteiger partial charge in [0.05, 0.1) is 0 Å². The third-order valence-corrected chi connectivity index (χ3v) is 3.85. The topological polar surface area (TPSA) is 74.5 Å². The van der Waals surface area contributed by atoms with Crippen molar-refractivity contribution in [1.82, 2.24) is 15.2 Å². The number of rotatable bonds is 2. The van der Waals surface area contributed by atoms with Crippen molar-refractivity contribution in [2.45, 2.75) is 0 Å². The highest BCUT2D eigenvalue weighted by Gasteiger charge is 2.23. The van der Waals surface area contributed by atoms with Crippen LogP contribution in [0.5, 0.6) is 0 Å². The van der Waals surface area contributed by atoms with E-state index in [1.807, 2.05) is 23.9 Å². The minimum absolute atomic E-state index is 0.00500. The van der Waals surface area contributed by atoms with Gasteiger partial charge in [0.25, 0.3) is 5.91 Å². The number of anilines is 2. The van der Waals surface area contributed by atoms with Crippen LogP contribution in [-0.4, -0.2) is 56.1 Å². The van der Waals surface area contributed by atoms with Crippen LogP contribution in [-0.2, 0) is 0 Å². The molecule has 1 saturated heterocycles. The first-order chi connectivity index (χ1) is 8.09. The summed E-state index contributed by atoms with van der Waals surface area (Å²) in [7, 11) is 3.77. The third kappa shape index (κ3) is 2.50. The van der Waals surface area contributed by atoms with Crippen molar-refractivity contribution < 1.29 is 4.79 Å². The van der Waals surface area contributed by atoms with Crippen molar-refractivity contribution in [2.24, 2.45) is 0 Å². The smallest absolute Gasteiger partial charge is 0.267 e. The number of carbonyl (C=O) groups excluding carboxylic acids is 1. The summed E-state index contributed by atoms with van der Waals surface area (Å²) in [6.07, 6.45) is 0. The molecule has 0 aliphatic carbocycles. The van der Waals surface area contributed by atoms with Gasteiger partial charge in [0, 0.05) is 40.3 Å². The molecule has 2 heterocycles. The van der Waals surface area contributed by atoms with Crippen LogP contribution in [0, 0.1) is 0 Å². The van der Waals surface area contributed by atoms with E-state index in [9.17, 15) is 4.79 Å². The molecule has 3 N–H and O–H groups in total. The van der Waals surface area contributed by atoms with Gasteiger partial charge in [-0.1, -0.05) is 11.3 Å². The van der Waals surface area contributed by atoms with Crippen LogP contribution in [0.2, 0.25) is 0 Å². The molecule has 1 amide bonds. The van der Waals surface area contributed by atoms with Gasteiger partial charge in [-0.15, -0.1) is 0 Å². The summed E-state index contributed by atoms with van der Waals surface area (Å²) in [5, 5.41) is 3.98. The number of nitrogen functional groups attached to an aromatic ring is 1. The molecule has 1 fully saturated rings. The number of piperazine rings is 1. The highest BCUT2D eigenvalue weighted by atomic mass is 32.1. The van der Waals surface area contributed by atoms with E-state index in [0.717, 1.165) is 31.3 Å². The SMILES string of the molecule is CN(C)c1nc(N)c(C(=O)N2CCNCC2)s1. The van der Waals surface area contributed by atoms with Gasteiger partial charge in [-0.2, -0.15) is 0 Å². The molecule has 0 bridgehead atoms. The lowest BCUT2D eigenvalue weighted by molar-refractivity contribution is 0.0741. The number of amides is 1. The van der Waals surface area contributed by atoms with E-state index >= 15 is 0 Å². The summed E-state index contributed by atoms with van der Waals surface area (Å²) in [6.45, 7) is 3.14. The van der Waals surface area contributed by atoms with Crippen molar-refractivity contribution in [2.75, 3.05) is 50.9 Å². The molecule has 0 atom stereocenters. The molecule has 2 rings (SSSR count). The number of aromatic nitrogens is 1. The van der Waals surface area contributed by atoms with E-state index in [1.165, 1.54) is 11.3 Å².